The van der Waals surface area contributed by atoms with Crippen LogP contribution in [0.2, 0.25) is 0 Å². The second kappa shape index (κ2) is 9.08. The van der Waals surface area contributed by atoms with Crippen molar-refractivity contribution in [2.75, 3.05) is 13.7 Å². The van der Waals surface area contributed by atoms with Crippen molar-refractivity contribution < 1.29 is 14.3 Å². The number of benzene rings is 2. The second-order valence-electron chi connectivity index (χ2n) is 6.64. The molecule has 140 valence electrons. The van der Waals surface area contributed by atoms with Gasteiger partial charge in [-0.15, -0.1) is 0 Å². The van der Waals surface area contributed by atoms with E-state index in [4.69, 9.17) is 9.47 Å². The Morgan fingerprint density at radius 3 is 2.35 bits per heavy atom. The lowest BCUT2D eigenvalue weighted by molar-refractivity contribution is -0.123. The van der Waals surface area contributed by atoms with Crippen molar-refractivity contribution in [1.82, 2.24) is 5.32 Å². The molecule has 0 spiro atoms. The van der Waals surface area contributed by atoms with Gasteiger partial charge in [-0.3, -0.25) is 4.79 Å². The third-order valence-corrected chi connectivity index (χ3v) is 4.80. The predicted octanol–water partition coefficient (Wildman–Crippen LogP) is 5.15. The molecular weight excluding hydrogens is 394 g/mol. The molecule has 0 bridgehead atoms. The average molecular weight is 420 g/mol. The highest BCUT2D eigenvalue weighted by Gasteiger charge is 2.17. The van der Waals surface area contributed by atoms with Gasteiger partial charge in [0.15, 0.2) is 6.61 Å². The van der Waals surface area contributed by atoms with Crippen LogP contribution >= 0.6 is 15.9 Å². The van der Waals surface area contributed by atoms with Gasteiger partial charge >= 0.3 is 0 Å². The largest absolute Gasteiger partial charge is 0.496 e. The first-order chi connectivity index (χ1) is 12.3. The smallest absolute Gasteiger partial charge is 0.258 e. The molecular formula is C21H26BrNO3. The van der Waals surface area contributed by atoms with E-state index in [1.807, 2.05) is 44.2 Å². The van der Waals surface area contributed by atoms with E-state index in [0.717, 1.165) is 26.9 Å². The zero-order valence-corrected chi connectivity index (χ0v) is 17.5. The fraction of sp³-hybridized carbons (Fsp3) is 0.381. The van der Waals surface area contributed by atoms with Crippen molar-refractivity contribution in [1.29, 1.82) is 0 Å². The van der Waals surface area contributed by atoms with Crippen molar-refractivity contribution in [2.45, 2.75) is 39.7 Å². The maximum atomic E-state index is 12.3. The molecule has 1 N–H and O–H groups in total. The highest BCUT2D eigenvalue weighted by atomic mass is 79.9. The number of hydrogen-bond donors (Lipinski definition) is 1. The molecule has 0 saturated carbocycles. The van der Waals surface area contributed by atoms with Crippen LogP contribution in [0.5, 0.6) is 11.5 Å². The molecule has 1 amide bonds. The SMILES string of the molecule is COc1cc(C)c([C@@H](C)NC(=O)COc2ccc(Br)cc2)cc1C(C)C. The molecule has 5 heteroatoms. The Kier molecular flexibility index (Phi) is 7.09. The molecule has 0 saturated heterocycles. The van der Waals surface area contributed by atoms with Crippen LogP contribution in [0.1, 0.15) is 49.4 Å². The van der Waals surface area contributed by atoms with Crippen molar-refractivity contribution in [3.05, 3.63) is 57.6 Å². The molecule has 0 fully saturated rings. The fourth-order valence-electron chi connectivity index (χ4n) is 2.85. The molecule has 4 nitrogen and oxygen atoms in total. The maximum Gasteiger partial charge on any atom is 0.258 e. The van der Waals surface area contributed by atoms with Crippen LogP contribution < -0.4 is 14.8 Å². The molecule has 0 unspecified atom stereocenters. The van der Waals surface area contributed by atoms with Gasteiger partial charge in [-0.1, -0.05) is 29.8 Å². The zero-order chi connectivity index (χ0) is 19.3. The number of methoxy groups -OCH3 is 1. The molecule has 0 heterocycles. The van der Waals surface area contributed by atoms with E-state index in [-0.39, 0.29) is 18.6 Å². The number of rotatable bonds is 7. The van der Waals surface area contributed by atoms with E-state index in [0.29, 0.717) is 11.7 Å². The van der Waals surface area contributed by atoms with Crippen molar-refractivity contribution in [3.8, 4) is 11.5 Å². The molecule has 0 radical (unpaired) electrons. The Hall–Kier alpha value is -2.01. The Bertz CT molecular complexity index is 757. The Morgan fingerprint density at radius 1 is 1.12 bits per heavy atom. The van der Waals surface area contributed by atoms with E-state index < -0.39 is 0 Å². The first kappa shape index (κ1) is 20.3. The molecule has 2 rings (SSSR count). The van der Waals surface area contributed by atoms with Gasteiger partial charge in [-0.2, -0.15) is 0 Å². The summed E-state index contributed by atoms with van der Waals surface area (Å²) in [6.45, 7) is 8.26. The monoisotopic (exact) mass is 419 g/mol. The Morgan fingerprint density at radius 2 is 1.77 bits per heavy atom. The van der Waals surface area contributed by atoms with Gasteiger partial charge in [0, 0.05) is 4.47 Å². The van der Waals surface area contributed by atoms with Gasteiger partial charge in [0.1, 0.15) is 11.5 Å². The van der Waals surface area contributed by atoms with Crippen LogP contribution in [0, 0.1) is 6.92 Å². The maximum absolute atomic E-state index is 12.3. The molecule has 0 aliphatic rings. The van der Waals surface area contributed by atoms with E-state index in [1.54, 1.807) is 7.11 Å². The highest BCUT2D eigenvalue weighted by Crippen LogP contribution is 2.32. The quantitative estimate of drug-likeness (QED) is 0.674. The number of nitrogens with one attached hydrogen (secondary N) is 1. The van der Waals surface area contributed by atoms with Gasteiger partial charge in [0.25, 0.3) is 5.91 Å². The van der Waals surface area contributed by atoms with Gasteiger partial charge in [-0.05, 0) is 72.9 Å². The fourth-order valence-corrected chi connectivity index (χ4v) is 3.12. The molecule has 0 aromatic heterocycles. The second-order valence-corrected chi connectivity index (χ2v) is 7.55. The third kappa shape index (κ3) is 5.24. The lowest BCUT2D eigenvalue weighted by Crippen LogP contribution is -2.31. The summed E-state index contributed by atoms with van der Waals surface area (Å²) in [7, 11) is 1.69. The molecule has 2 aromatic rings. The summed E-state index contributed by atoms with van der Waals surface area (Å²) in [6, 6.07) is 11.4. The molecule has 1 atom stereocenters. The van der Waals surface area contributed by atoms with E-state index >= 15 is 0 Å². The molecule has 0 aliphatic heterocycles. The number of ether oxygens (including phenoxy) is 2. The summed E-state index contributed by atoms with van der Waals surface area (Å²) in [5, 5.41) is 3.01. The number of amides is 1. The minimum Gasteiger partial charge on any atom is -0.496 e. The van der Waals surface area contributed by atoms with Crippen LogP contribution in [0.4, 0.5) is 0 Å². The highest BCUT2D eigenvalue weighted by molar-refractivity contribution is 9.10. The lowest BCUT2D eigenvalue weighted by atomic mass is 9.93. The predicted molar refractivity (Wildman–Crippen MR) is 108 cm³/mol. The van der Waals surface area contributed by atoms with Crippen LogP contribution in [0.15, 0.2) is 40.9 Å². The normalized spacial score (nSPS) is 12.0. The molecule has 26 heavy (non-hydrogen) atoms. The van der Waals surface area contributed by atoms with Crippen LogP contribution in [-0.4, -0.2) is 19.6 Å². The standard InChI is InChI=1S/C21H26BrNO3/c1-13(2)18-11-19(14(3)10-20(18)25-5)15(4)23-21(24)12-26-17-8-6-16(22)7-9-17/h6-11,13,15H,12H2,1-5H3,(H,23,24)/t15-/m1/s1. The van der Waals surface area contributed by atoms with Crippen molar-refractivity contribution in [3.63, 3.8) is 0 Å². The Labute approximate surface area is 164 Å². The van der Waals surface area contributed by atoms with E-state index in [2.05, 4.69) is 41.2 Å². The summed E-state index contributed by atoms with van der Waals surface area (Å²) < 4.78 is 12.0. The van der Waals surface area contributed by atoms with E-state index in [9.17, 15) is 4.79 Å². The van der Waals surface area contributed by atoms with Gasteiger partial charge in [0.05, 0.1) is 13.2 Å². The lowest BCUT2D eigenvalue weighted by Gasteiger charge is -2.21. The van der Waals surface area contributed by atoms with Crippen LogP contribution in [0.3, 0.4) is 0 Å². The van der Waals surface area contributed by atoms with Crippen molar-refractivity contribution >= 4 is 21.8 Å². The number of hydrogen-bond acceptors (Lipinski definition) is 3. The van der Waals surface area contributed by atoms with Gasteiger partial charge in [0.2, 0.25) is 0 Å². The summed E-state index contributed by atoms with van der Waals surface area (Å²) in [6.07, 6.45) is 0. The number of halogens is 1. The topological polar surface area (TPSA) is 47.6 Å². The molecule has 0 aliphatic carbocycles. The van der Waals surface area contributed by atoms with Gasteiger partial charge < -0.3 is 14.8 Å². The average Bonchev–Trinajstić information content (AvgIpc) is 2.60. The first-order valence-electron chi connectivity index (χ1n) is 8.68. The number of aryl methyl sites for hydroxylation is 1. The summed E-state index contributed by atoms with van der Waals surface area (Å²) in [5.41, 5.74) is 3.32. The summed E-state index contributed by atoms with van der Waals surface area (Å²) >= 11 is 3.37. The zero-order valence-electron chi connectivity index (χ0n) is 15.9. The number of carbonyl (C=O) groups is 1. The minimum absolute atomic E-state index is 0.0157. The first-order valence-corrected chi connectivity index (χ1v) is 9.47. The number of carbonyl (C=O) groups excluding carboxylic acids is 1. The Balaban J connectivity index is 2.04. The van der Waals surface area contributed by atoms with E-state index in [1.165, 1.54) is 0 Å². The molecule has 2 aromatic carbocycles. The summed E-state index contributed by atoms with van der Waals surface area (Å²) in [4.78, 5) is 12.3. The van der Waals surface area contributed by atoms with Crippen LogP contribution in [0.25, 0.3) is 0 Å². The third-order valence-electron chi connectivity index (χ3n) is 4.27. The van der Waals surface area contributed by atoms with Crippen LogP contribution in [-0.2, 0) is 4.79 Å². The van der Waals surface area contributed by atoms with Crippen molar-refractivity contribution in [2.24, 2.45) is 0 Å². The summed E-state index contributed by atoms with van der Waals surface area (Å²) in [5.74, 6) is 1.74. The van der Waals surface area contributed by atoms with Gasteiger partial charge in [-0.25, -0.2) is 0 Å². The minimum atomic E-state index is -0.151.